The first-order chi connectivity index (χ1) is 10.3. The number of imide groups is 1. The van der Waals surface area contributed by atoms with E-state index in [1.54, 1.807) is 0 Å². The molecule has 1 heterocycles. The van der Waals surface area contributed by atoms with Crippen LogP contribution < -0.4 is 4.90 Å². The fourth-order valence-corrected chi connectivity index (χ4v) is 4.94. The predicted octanol–water partition coefficient (Wildman–Crippen LogP) is 1.82. The van der Waals surface area contributed by atoms with Crippen LogP contribution in [0.3, 0.4) is 0 Å². The van der Waals surface area contributed by atoms with Crippen molar-refractivity contribution in [1.29, 1.82) is 0 Å². The first kappa shape index (κ1) is 14.5. The van der Waals surface area contributed by atoms with Gasteiger partial charge in [0, 0.05) is 21.9 Å². The van der Waals surface area contributed by atoms with Crippen LogP contribution in [0.4, 0.5) is 5.69 Å². The van der Waals surface area contributed by atoms with Gasteiger partial charge in [-0.3, -0.25) is 9.59 Å². The van der Waals surface area contributed by atoms with Gasteiger partial charge in [0.1, 0.15) is 0 Å². The molecule has 3 fully saturated rings. The number of anilines is 1. The van der Waals surface area contributed by atoms with Gasteiger partial charge < -0.3 is 10.2 Å². The molecule has 4 rings (SSSR count). The lowest BCUT2D eigenvalue weighted by molar-refractivity contribution is -0.199. The summed E-state index contributed by atoms with van der Waals surface area (Å²) in [4.78, 5) is 26.5. The SMILES string of the molecule is O=C1[C@@H]2[C@H](C(=O)N1c1cc(Cl)cc(Cl)c1)[C@@H]1CC[C@H]2C1(O)O. The van der Waals surface area contributed by atoms with Gasteiger partial charge in [-0.1, -0.05) is 23.2 Å². The maximum atomic E-state index is 12.7. The van der Waals surface area contributed by atoms with Crippen molar-refractivity contribution in [3.8, 4) is 0 Å². The van der Waals surface area contributed by atoms with Gasteiger partial charge in [-0.25, -0.2) is 4.90 Å². The van der Waals surface area contributed by atoms with Gasteiger partial charge in [0.25, 0.3) is 0 Å². The highest BCUT2D eigenvalue weighted by molar-refractivity contribution is 6.35. The Morgan fingerprint density at radius 3 is 1.86 bits per heavy atom. The first-order valence-corrected chi connectivity index (χ1v) is 7.86. The molecule has 1 saturated heterocycles. The van der Waals surface area contributed by atoms with E-state index < -0.39 is 41.3 Å². The molecule has 0 spiro atoms. The third kappa shape index (κ3) is 1.68. The summed E-state index contributed by atoms with van der Waals surface area (Å²) in [6.45, 7) is 0. The summed E-state index contributed by atoms with van der Waals surface area (Å²) >= 11 is 11.9. The predicted molar refractivity (Wildman–Crippen MR) is 79.3 cm³/mol. The van der Waals surface area contributed by atoms with Gasteiger partial charge in [-0.15, -0.1) is 0 Å². The molecule has 2 N–H and O–H groups in total. The fraction of sp³-hybridized carbons (Fsp3) is 0.467. The van der Waals surface area contributed by atoms with Gasteiger partial charge in [-0.05, 0) is 31.0 Å². The van der Waals surface area contributed by atoms with E-state index in [1.807, 2.05) is 0 Å². The molecular weight excluding hydrogens is 329 g/mol. The minimum Gasteiger partial charge on any atom is -0.365 e. The monoisotopic (exact) mass is 341 g/mol. The van der Waals surface area contributed by atoms with Gasteiger partial charge >= 0.3 is 0 Å². The molecule has 2 saturated carbocycles. The van der Waals surface area contributed by atoms with Crippen molar-refractivity contribution in [1.82, 2.24) is 0 Å². The lowest BCUT2D eigenvalue weighted by Crippen LogP contribution is -2.42. The smallest absolute Gasteiger partial charge is 0.238 e. The molecule has 7 heteroatoms. The van der Waals surface area contributed by atoms with Crippen molar-refractivity contribution in [2.75, 3.05) is 4.90 Å². The molecule has 0 aromatic heterocycles. The summed E-state index contributed by atoms with van der Waals surface area (Å²) in [5.74, 6) is -5.21. The zero-order chi connectivity index (χ0) is 15.8. The average molecular weight is 342 g/mol. The fourth-order valence-electron chi connectivity index (χ4n) is 4.43. The summed E-state index contributed by atoms with van der Waals surface area (Å²) < 4.78 is 0. The average Bonchev–Trinajstić information content (AvgIpc) is 2.94. The van der Waals surface area contributed by atoms with Crippen LogP contribution >= 0.6 is 23.2 Å². The number of fused-ring (bicyclic) bond motifs is 5. The summed E-state index contributed by atoms with van der Waals surface area (Å²) in [6, 6.07) is 4.54. The van der Waals surface area contributed by atoms with Crippen molar-refractivity contribution >= 4 is 40.7 Å². The zero-order valence-electron chi connectivity index (χ0n) is 11.4. The van der Waals surface area contributed by atoms with Gasteiger partial charge in [0.15, 0.2) is 5.79 Å². The quantitative estimate of drug-likeness (QED) is 0.603. The normalized spacial score (nSPS) is 35.4. The van der Waals surface area contributed by atoms with Crippen LogP contribution in [0.2, 0.25) is 10.0 Å². The molecule has 1 aromatic rings. The van der Waals surface area contributed by atoms with Gasteiger partial charge in [0.2, 0.25) is 11.8 Å². The van der Waals surface area contributed by atoms with E-state index >= 15 is 0 Å². The Hall–Kier alpha value is -1.14. The van der Waals surface area contributed by atoms with E-state index in [9.17, 15) is 19.8 Å². The second-order valence-corrected chi connectivity index (χ2v) is 7.14. The van der Waals surface area contributed by atoms with E-state index in [0.717, 1.165) is 4.90 Å². The summed E-state index contributed by atoms with van der Waals surface area (Å²) in [7, 11) is 0. The number of aliphatic hydroxyl groups is 2. The number of amides is 2. The highest BCUT2D eigenvalue weighted by Crippen LogP contribution is 2.60. The first-order valence-electron chi connectivity index (χ1n) is 7.11. The zero-order valence-corrected chi connectivity index (χ0v) is 12.9. The minimum atomic E-state index is -1.92. The standard InChI is InChI=1S/C15H13Cl2NO4/c16-6-3-7(17)5-8(4-6)18-13(19)11-9-1-2-10(15(9,21)22)12(11)14(18)20/h3-5,9-12,21-22H,1-2H2/t9-,10+,11+,12-. The largest absolute Gasteiger partial charge is 0.365 e. The van der Waals surface area contributed by atoms with Gasteiger partial charge in [-0.2, -0.15) is 0 Å². The molecule has 22 heavy (non-hydrogen) atoms. The van der Waals surface area contributed by atoms with Crippen LogP contribution in [0, 0.1) is 23.7 Å². The molecule has 116 valence electrons. The number of rotatable bonds is 1. The Morgan fingerprint density at radius 2 is 1.41 bits per heavy atom. The maximum Gasteiger partial charge on any atom is 0.238 e. The molecule has 2 bridgehead atoms. The van der Waals surface area contributed by atoms with E-state index in [1.165, 1.54) is 18.2 Å². The molecule has 1 aliphatic heterocycles. The summed E-state index contributed by atoms with van der Waals surface area (Å²) in [5.41, 5.74) is 0.336. The van der Waals surface area contributed by atoms with E-state index in [2.05, 4.69) is 0 Å². The van der Waals surface area contributed by atoms with E-state index in [-0.39, 0.29) is 0 Å². The summed E-state index contributed by atoms with van der Waals surface area (Å²) in [6.07, 6.45) is 1.09. The Labute approximate surface area is 136 Å². The Bertz CT molecular complexity index is 653. The number of benzene rings is 1. The number of nitrogens with zero attached hydrogens (tertiary/aromatic N) is 1. The van der Waals surface area contributed by atoms with E-state index in [0.29, 0.717) is 28.6 Å². The second-order valence-electron chi connectivity index (χ2n) is 6.26. The third-order valence-corrected chi connectivity index (χ3v) is 5.69. The number of carbonyl (C=O) groups excluding carboxylic acids is 2. The van der Waals surface area contributed by atoms with Crippen molar-refractivity contribution < 1.29 is 19.8 Å². The van der Waals surface area contributed by atoms with Crippen molar-refractivity contribution in [2.45, 2.75) is 18.6 Å². The molecule has 4 atom stereocenters. The Morgan fingerprint density at radius 1 is 0.955 bits per heavy atom. The molecule has 2 aliphatic carbocycles. The highest BCUT2D eigenvalue weighted by atomic mass is 35.5. The minimum absolute atomic E-state index is 0.335. The lowest BCUT2D eigenvalue weighted by atomic mass is 9.81. The van der Waals surface area contributed by atoms with Crippen molar-refractivity contribution in [3.63, 3.8) is 0 Å². The molecule has 0 unspecified atom stereocenters. The molecule has 3 aliphatic rings. The Balaban J connectivity index is 1.77. The third-order valence-electron chi connectivity index (χ3n) is 5.25. The van der Waals surface area contributed by atoms with Crippen LogP contribution in [0.15, 0.2) is 18.2 Å². The van der Waals surface area contributed by atoms with Crippen LogP contribution in [-0.2, 0) is 9.59 Å². The highest BCUT2D eigenvalue weighted by Gasteiger charge is 2.71. The Kier molecular flexibility index (Phi) is 2.92. The lowest BCUT2D eigenvalue weighted by Gasteiger charge is -2.25. The van der Waals surface area contributed by atoms with Crippen molar-refractivity contribution in [3.05, 3.63) is 28.2 Å². The van der Waals surface area contributed by atoms with Crippen LogP contribution in [0.1, 0.15) is 12.8 Å². The van der Waals surface area contributed by atoms with E-state index in [4.69, 9.17) is 23.2 Å². The molecule has 2 amide bonds. The summed E-state index contributed by atoms with van der Waals surface area (Å²) in [5, 5.41) is 21.0. The van der Waals surface area contributed by atoms with Crippen LogP contribution in [-0.4, -0.2) is 27.8 Å². The van der Waals surface area contributed by atoms with Crippen LogP contribution in [0.25, 0.3) is 0 Å². The number of carbonyl (C=O) groups is 2. The molecule has 5 nitrogen and oxygen atoms in total. The second kappa shape index (κ2) is 4.45. The number of hydrogen-bond donors (Lipinski definition) is 2. The molecular formula is C15H13Cl2NO4. The van der Waals surface area contributed by atoms with Gasteiger partial charge in [0.05, 0.1) is 17.5 Å². The number of halogens is 2. The maximum absolute atomic E-state index is 12.7. The molecule has 1 aromatic carbocycles. The topological polar surface area (TPSA) is 77.8 Å². The number of hydrogen-bond acceptors (Lipinski definition) is 4. The van der Waals surface area contributed by atoms with Crippen molar-refractivity contribution in [2.24, 2.45) is 23.7 Å². The van der Waals surface area contributed by atoms with Crippen LogP contribution in [0.5, 0.6) is 0 Å². The molecule has 0 radical (unpaired) electrons.